The van der Waals surface area contributed by atoms with Crippen LogP contribution in [0, 0.1) is 11.8 Å². The molecule has 0 radical (unpaired) electrons. The highest BCUT2D eigenvalue weighted by atomic mass is 16.2. The first-order valence-corrected chi connectivity index (χ1v) is 14.6. The van der Waals surface area contributed by atoms with Crippen molar-refractivity contribution >= 4 is 34.3 Å². The van der Waals surface area contributed by atoms with E-state index < -0.39 is 11.8 Å². The van der Waals surface area contributed by atoms with Gasteiger partial charge < -0.3 is 9.80 Å². The molecule has 2 heterocycles. The Bertz CT molecular complexity index is 1470. The molecule has 0 aliphatic carbocycles. The van der Waals surface area contributed by atoms with E-state index in [9.17, 15) is 14.4 Å². The van der Waals surface area contributed by atoms with Gasteiger partial charge in [0, 0.05) is 47.3 Å². The van der Waals surface area contributed by atoms with Gasteiger partial charge in [0.1, 0.15) is 12.5 Å². The van der Waals surface area contributed by atoms with Gasteiger partial charge in [-0.2, -0.15) is 5.10 Å². The fraction of sp³-hybridized carbons (Fsp3) is 0.353. The van der Waals surface area contributed by atoms with Gasteiger partial charge in [-0.05, 0) is 57.7 Å². The van der Waals surface area contributed by atoms with Crippen LogP contribution in [0.1, 0.15) is 52.7 Å². The Balaban J connectivity index is 1.63. The maximum Gasteiger partial charge on any atom is 0.246 e. The third kappa shape index (κ3) is 6.87. The summed E-state index contributed by atoms with van der Waals surface area (Å²) in [4.78, 5) is 46.3. The van der Waals surface area contributed by atoms with Crippen LogP contribution >= 0.6 is 0 Å². The van der Waals surface area contributed by atoms with Gasteiger partial charge in [0.05, 0.1) is 5.52 Å². The molecule has 0 bridgehead atoms. The number of amides is 3. The van der Waals surface area contributed by atoms with Crippen molar-refractivity contribution in [3.63, 3.8) is 0 Å². The highest BCUT2D eigenvalue weighted by Crippen LogP contribution is 2.26. The number of H-pyrrole nitrogens is 1. The van der Waals surface area contributed by atoms with Crippen molar-refractivity contribution in [2.24, 2.45) is 11.8 Å². The molecule has 0 saturated carbocycles. The van der Waals surface area contributed by atoms with Crippen molar-refractivity contribution < 1.29 is 14.4 Å². The standard InChI is InChI=1S/C34H41N5O3/c1-6-13-26(7-2)19-18-25(5)39(24(3)4)32(40)23-37-20-21-38(27-14-9-8-10-15-27)34(42)29(33(37)41)22-31-28-16-11-12-17-30(28)35-36-31/h7-12,14-18,20-21,24,26,29H,2,6,13,19,22-23H2,1,3-5H3,(H,35,36)/b25-18+. The van der Waals surface area contributed by atoms with Gasteiger partial charge in [0.2, 0.25) is 17.7 Å². The maximum atomic E-state index is 14.0. The molecule has 0 spiro atoms. The summed E-state index contributed by atoms with van der Waals surface area (Å²) in [5.41, 5.74) is 2.95. The molecule has 1 aromatic heterocycles. The van der Waals surface area contributed by atoms with Gasteiger partial charge in [0.25, 0.3) is 0 Å². The molecule has 0 saturated heterocycles. The molecule has 0 fully saturated rings. The van der Waals surface area contributed by atoms with Crippen LogP contribution in [-0.2, 0) is 20.8 Å². The molecule has 2 atom stereocenters. The van der Waals surface area contributed by atoms with Crippen LogP contribution in [0.4, 0.5) is 5.69 Å². The Hall–Kier alpha value is -4.46. The summed E-state index contributed by atoms with van der Waals surface area (Å²) in [6, 6.07) is 16.7. The molecular formula is C34H41N5O3. The third-order valence-corrected chi connectivity index (χ3v) is 7.67. The van der Waals surface area contributed by atoms with Crippen LogP contribution in [0.15, 0.2) is 91.4 Å². The number of carbonyl (C=O) groups is 3. The topological polar surface area (TPSA) is 89.6 Å². The molecular weight excluding hydrogens is 526 g/mol. The number of rotatable bonds is 12. The molecule has 1 aliphatic rings. The predicted octanol–water partition coefficient (Wildman–Crippen LogP) is 6.20. The van der Waals surface area contributed by atoms with Gasteiger partial charge in [-0.1, -0.05) is 61.9 Å². The lowest BCUT2D eigenvalue weighted by Crippen LogP contribution is -2.46. The smallest absolute Gasteiger partial charge is 0.246 e. The molecule has 8 heteroatoms. The minimum Gasteiger partial charge on any atom is -0.313 e. The largest absolute Gasteiger partial charge is 0.313 e. The molecule has 8 nitrogen and oxygen atoms in total. The van der Waals surface area contributed by atoms with Crippen LogP contribution < -0.4 is 4.90 Å². The number of fused-ring (bicyclic) bond motifs is 1. The van der Waals surface area contributed by atoms with E-state index >= 15 is 0 Å². The van der Waals surface area contributed by atoms with Crippen LogP contribution in [0.5, 0.6) is 0 Å². The van der Waals surface area contributed by atoms with E-state index in [4.69, 9.17) is 0 Å². The molecule has 1 N–H and O–H groups in total. The molecule has 4 rings (SSSR count). The van der Waals surface area contributed by atoms with Crippen LogP contribution in [-0.4, -0.2) is 50.3 Å². The lowest BCUT2D eigenvalue weighted by Gasteiger charge is -2.30. The molecule has 2 aromatic carbocycles. The summed E-state index contributed by atoms with van der Waals surface area (Å²) >= 11 is 0. The number of nitrogens with one attached hydrogen (secondary N) is 1. The Morgan fingerprint density at radius 2 is 1.79 bits per heavy atom. The van der Waals surface area contributed by atoms with E-state index in [0.717, 1.165) is 35.9 Å². The van der Waals surface area contributed by atoms with E-state index in [0.29, 0.717) is 17.3 Å². The minimum atomic E-state index is -1.05. The fourth-order valence-electron chi connectivity index (χ4n) is 5.49. The summed E-state index contributed by atoms with van der Waals surface area (Å²) in [6.45, 7) is 11.8. The monoisotopic (exact) mass is 567 g/mol. The number of allylic oxidation sites excluding steroid dienone is 3. The molecule has 3 amide bonds. The van der Waals surface area contributed by atoms with E-state index in [2.05, 4.69) is 29.8 Å². The average molecular weight is 568 g/mol. The summed E-state index contributed by atoms with van der Waals surface area (Å²) in [5.74, 6) is -1.71. The zero-order valence-corrected chi connectivity index (χ0v) is 25.0. The summed E-state index contributed by atoms with van der Waals surface area (Å²) in [5, 5.41) is 8.22. The zero-order chi connectivity index (χ0) is 30.2. The summed E-state index contributed by atoms with van der Waals surface area (Å²) < 4.78 is 0. The van der Waals surface area contributed by atoms with Gasteiger partial charge in [0.15, 0.2) is 0 Å². The molecule has 42 heavy (non-hydrogen) atoms. The zero-order valence-electron chi connectivity index (χ0n) is 25.0. The molecule has 1 aliphatic heterocycles. The van der Waals surface area contributed by atoms with Crippen molar-refractivity contribution in [2.45, 2.75) is 59.4 Å². The Labute approximate surface area is 248 Å². The highest BCUT2D eigenvalue weighted by molar-refractivity contribution is 6.10. The number of nitrogens with zero attached hydrogens (tertiary/aromatic N) is 4. The van der Waals surface area contributed by atoms with Crippen molar-refractivity contribution in [2.75, 3.05) is 11.4 Å². The second-order valence-corrected chi connectivity index (χ2v) is 11.0. The number of hydrogen-bond donors (Lipinski definition) is 1. The molecule has 3 aromatic rings. The minimum absolute atomic E-state index is 0.109. The maximum absolute atomic E-state index is 14.0. The normalized spacial score (nSPS) is 16.7. The fourth-order valence-corrected chi connectivity index (χ4v) is 5.49. The van der Waals surface area contributed by atoms with E-state index in [1.54, 1.807) is 17.3 Å². The van der Waals surface area contributed by atoms with Gasteiger partial charge in [-0.25, -0.2) is 0 Å². The Kier molecular flexibility index (Phi) is 10.1. The lowest BCUT2D eigenvalue weighted by molar-refractivity contribution is -0.143. The van der Waals surface area contributed by atoms with Gasteiger partial charge in [-0.15, -0.1) is 6.58 Å². The Morgan fingerprint density at radius 1 is 1.07 bits per heavy atom. The summed E-state index contributed by atoms with van der Waals surface area (Å²) in [6.07, 6.45) is 10.2. The average Bonchev–Trinajstić information content (AvgIpc) is 3.35. The van der Waals surface area contributed by atoms with Crippen molar-refractivity contribution in [1.82, 2.24) is 20.0 Å². The number of para-hydroxylation sites is 2. The van der Waals surface area contributed by atoms with Crippen molar-refractivity contribution in [3.05, 3.63) is 97.1 Å². The van der Waals surface area contributed by atoms with Gasteiger partial charge >= 0.3 is 0 Å². The number of carbonyl (C=O) groups excluding carboxylic acids is 3. The first kappa shape index (κ1) is 30.5. The number of anilines is 1. The van der Waals surface area contributed by atoms with E-state index in [1.165, 1.54) is 9.80 Å². The number of aromatic amines is 1. The lowest BCUT2D eigenvalue weighted by atomic mass is 9.98. The van der Waals surface area contributed by atoms with Crippen LogP contribution in [0.25, 0.3) is 10.9 Å². The second-order valence-electron chi connectivity index (χ2n) is 11.0. The highest BCUT2D eigenvalue weighted by Gasteiger charge is 2.38. The predicted molar refractivity (Wildman–Crippen MR) is 167 cm³/mol. The quantitative estimate of drug-likeness (QED) is 0.208. The van der Waals surface area contributed by atoms with Crippen LogP contribution in [0.2, 0.25) is 0 Å². The van der Waals surface area contributed by atoms with Gasteiger partial charge in [-0.3, -0.25) is 24.4 Å². The Morgan fingerprint density at radius 3 is 2.48 bits per heavy atom. The first-order chi connectivity index (χ1) is 20.2. The third-order valence-electron chi connectivity index (χ3n) is 7.67. The van der Waals surface area contributed by atoms with E-state index in [-0.39, 0.29) is 30.8 Å². The molecule has 2 unspecified atom stereocenters. The summed E-state index contributed by atoms with van der Waals surface area (Å²) in [7, 11) is 0. The first-order valence-electron chi connectivity index (χ1n) is 14.6. The molecule has 220 valence electrons. The van der Waals surface area contributed by atoms with Crippen molar-refractivity contribution in [1.29, 1.82) is 0 Å². The van der Waals surface area contributed by atoms with Crippen molar-refractivity contribution in [3.8, 4) is 0 Å². The number of benzene rings is 2. The SMILES string of the molecule is C=CC(C/C=C(\C)N(C(=O)CN1C=CN(c2ccccc2)C(=O)C(Cc2[nH]nc3ccccc23)C1=O)C(C)C)CCC. The number of hydrogen-bond acceptors (Lipinski definition) is 4. The number of aromatic nitrogens is 2. The van der Waals surface area contributed by atoms with Crippen LogP contribution in [0.3, 0.4) is 0 Å². The second kappa shape index (κ2) is 13.9. The van der Waals surface area contributed by atoms with E-state index in [1.807, 2.05) is 81.4 Å².